The average molecular weight is 374 g/mol. The molecule has 0 amide bonds. The topological polar surface area (TPSA) is 124 Å². The van der Waals surface area contributed by atoms with Crippen molar-refractivity contribution in [3.8, 4) is 0 Å². The molecule has 0 aliphatic rings. The molecule has 2 aromatic carbocycles. The van der Waals surface area contributed by atoms with Crippen LogP contribution in [0.4, 0.5) is 0 Å². The second-order valence-electron chi connectivity index (χ2n) is 5.15. The van der Waals surface area contributed by atoms with Crippen molar-refractivity contribution in [3.05, 3.63) is 71.8 Å². The fourth-order valence-corrected chi connectivity index (χ4v) is 2.19. The van der Waals surface area contributed by atoms with Crippen LogP contribution >= 0.6 is 0 Å². The van der Waals surface area contributed by atoms with Gasteiger partial charge in [-0.05, 0) is 11.1 Å². The first-order valence-corrected chi connectivity index (χ1v) is 8.14. The zero-order valence-corrected chi connectivity index (χ0v) is 14.6. The van der Waals surface area contributed by atoms with E-state index in [9.17, 15) is 19.8 Å². The van der Waals surface area contributed by atoms with Crippen LogP contribution in [0, 0.1) is 0 Å². The summed E-state index contributed by atoms with van der Waals surface area (Å²) in [5.41, 5.74) is 0.288. The number of aliphatic carboxylic acids is 2. The number of ether oxygens (including phenoxy) is 1. The van der Waals surface area contributed by atoms with Gasteiger partial charge in [0.1, 0.15) is 0 Å². The summed E-state index contributed by atoms with van der Waals surface area (Å²) in [6, 6.07) is 16.5. The van der Waals surface area contributed by atoms with E-state index in [1.165, 1.54) is 0 Å². The molecule has 0 aliphatic heterocycles. The Kier molecular flexibility index (Phi) is 10.1. The van der Waals surface area contributed by atoms with Crippen LogP contribution in [0.3, 0.4) is 0 Å². The Morgan fingerprint density at radius 3 is 1.26 bits per heavy atom. The molecule has 0 fully saturated rings. The van der Waals surface area contributed by atoms with Crippen LogP contribution in [0.2, 0.25) is 0 Å². The van der Waals surface area contributed by atoms with Gasteiger partial charge < -0.3 is 25.2 Å². The first-order chi connectivity index (χ1) is 13.0. The van der Waals surface area contributed by atoms with Crippen molar-refractivity contribution >= 4 is 23.1 Å². The first-order valence-electron chi connectivity index (χ1n) is 8.14. The molecule has 27 heavy (non-hydrogen) atoms. The highest BCUT2D eigenvalue weighted by Crippen LogP contribution is 2.27. The number of benzene rings is 2. The van der Waals surface area contributed by atoms with Crippen LogP contribution in [-0.2, 0) is 14.3 Å². The second kappa shape index (κ2) is 12.4. The minimum atomic E-state index is -1.27. The minimum Gasteiger partial charge on any atom is -0.478 e. The van der Waals surface area contributed by atoms with Crippen molar-refractivity contribution in [1.82, 2.24) is 0 Å². The Morgan fingerprint density at radius 2 is 1.00 bits per heavy atom. The summed E-state index contributed by atoms with van der Waals surface area (Å²) < 4.78 is 4.63. The van der Waals surface area contributed by atoms with Gasteiger partial charge in [0, 0.05) is 0 Å². The number of hydrogen-bond donors (Lipinski definition) is 4. The molecule has 0 unspecified atom stereocenters. The average Bonchev–Trinajstić information content (AvgIpc) is 2.67. The summed E-state index contributed by atoms with van der Waals surface area (Å²) in [4.78, 5) is 23.0. The van der Waals surface area contributed by atoms with E-state index in [1.54, 1.807) is 60.7 Å². The smallest absolute Gasteiger partial charge is 0.337 e. The molecule has 0 bridgehead atoms. The molecule has 0 spiro atoms. The van der Waals surface area contributed by atoms with Crippen LogP contribution in [-0.4, -0.2) is 58.8 Å². The summed E-state index contributed by atoms with van der Waals surface area (Å²) in [5.74, 6) is -2.53. The SMILES string of the molecule is O=C(O)C(=C(C(=O)O)c1ccccc1)c1ccccc1.OCCOCCO. The lowest BCUT2D eigenvalue weighted by Gasteiger charge is -2.09. The molecule has 0 heterocycles. The Morgan fingerprint density at radius 1 is 0.667 bits per heavy atom. The maximum Gasteiger partial charge on any atom is 0.337 e. The number of carbonyl (C=O) groups is 2. The van der Waals surface area contributed by atoms with E-state index in [4.69, 9.17) is 10.2 Å². The lowest BCUT2D eigenvalue weighted by atomic mass is 9.94. The molecule has 0 saturated carbocycles. The second-order valence-corrected chi connectivity index (χ2v) is 5.15. The molecule has 0 atom stereocenters. The van der Waals surface area contributed by atoms with Gasteiger partial charge in [-0.2, -0.15) is 0 Å². The van der Waals surface area contributed by atoms with Crippen LogP contribution in [0.25, 0.3) is 11.1 Å². The number of carboxylic acid groups (broad SMARTS) is 2. The van der Waals surface area contributed by atoms with Gasteiger partial charge in [-0.15, -0.1) is 0 Å². The Labute approximate surface area is 156 Å². The molecule has 2 aromatic rings. The third-order valence-corrected chi connectivity index (χ3v) is 3.27. The molecule has 0 aromatic heterocycles. The van der Waals surface area contributed by atoms with Gasteiger partial charge in [0.2, 0.25) is 0 Å². The van der Waals surface area contributed by atoms with E-state index < -0.39 is 11.9 Å². The van der Waals surface area contributed by atoms with E-state index >= 15 is 0 Å². The van der Waals surface area contributed by atoms with Crippen LogP contribution < -0.4 is 0 Å². The zero-order valence-electron chi connectivity index (χ0n) is 14.6. The number of aliphatic hydroxyl groups is 2. The summed E-state index contributed by atoms with van der Waals surface area (Å²) >= 11 is 0. The normalized spacial score (nSPS) is 11.0. The first kappa shape index (κ1) is 22.0. The molecular weight excluding hydrogens is 352 g/mol. The predicted octanol–water partition coefficient (Wildman–Crippen LogP) is 1.75. The number of aliphatic hydroxyl groups excluding tert-OH is 2. The van der Waals surface area contributed by atoms with Gasteiger partial charge >= 0.3 is 11.9 Å². The third-order valence-electron chi connectivity index (χ3n) is 3.27. The van der Waals surface area contributed by atoms with E-state index in [0.717, 1.165) is 0 Å². The highest BCUT2D eigenvalue weighted by molar-refractivity contribution is 6.36. The highest BCUT2D eigenvalue weighted by Gasteiger charge is 2.23. The highest BCUT2D eigenvalue weighted by atomic mass is 16.5. The molecule has 0 radical (unpaired) electrons. The van der Waals surface area contributed by atoms with Crippen LogP contribution in [0.15, 0.2) is 60.7 Å². The third kappa shape index (κ3) is 7.41. The lowest BCUT2D eigenvalue weighted by Crippen LogP contribution is -2.10. The summed E-state index contributed by atoms with van der Waals surface area (Å²) in [6.07, 6.45) is 0. The van der Waals surface area contributed by atoms with E-state index in [2.05, 4.69) is 4.74 Å². The number of carboxylic acids is 2. The summed E-state index contributed by atoms with van der Waals surface area (Å²) in [6.45, 7) is 0.696. The Bertz CT molecular complexity index is 676. The molecule has 0 aliphatic carbocycles. The molecule has 7 nitrogen and oxygen atoms in total. The van der Waals surface area contributed by atoms with Crippen LogP contribution in [0.5, 0.6) is 0 Å². The van der Waals surface area contributed by atoms with Gasteiger partial charge in [0.25, 0.3) is 0 Å². The van der Waals surface area contributed by atoms with Crippen molar-refractivity contribution in [1.29, 1.82) is 0 Å². The predicted molar refractivity (Wildman–Crippen MR) is 100.0 cm³/mol. The number of hydrogen-bond acceptors (Lipinski definition) is 5. The fourth-order valence-electron chi connectivity index (χ4n) is 2.19. The van der Waals surface area contributed by atoms with E-state index in [1.807, 2.05) is 0 Å². The minimum absolute atomic E-state index is 0.0278. The van der Waals surface area contributed by atoms with Crippen molar-refractivity contribution in [2.75, 3.05) is 26.4 Å². The van der Waals surface area contributed by atoms with Crippen molar-refractivity contribution in [2.24, 2.45) is 0 Å². The quantitative estimate of drug-likeness (QED) is 0.315. The Balaban J connectivity index is 0.000000445. The monoisotopic (exact) mass is 374 g/mol. The molecular formula is C20H22O7. The Hall–Kier alpha value is -3.00. The maximum absolute atomic E-state index is 11.5. The van der Waals surface area contributed by atoms with Gasteiger partial charge in [0.05, 0.1) is 37.6 Å². The number of rotatable bonds is 8. The molecule has 0 saturated heterocycles. The standard InChI is InChI=1S/C16H12O4.C4H10O3/c17-15(18)13(11-7-3-1-4-8-11)14(16(19)20)12-9-5-2-6-10-12;5-1-3-7-4-2-6/h1-10H,(H,17,18)(H,19,20);5-6H,1-4H2. The molecule has 2 rings (SSSR count). The van der Waals surface area contributed by atoms with Crippen LogP contribution in [0.1, 0.15) is 11.1 Å². The van der Waals surface area contributed by atoms with Crippen molar-refractivity contribution < 1.29 is 34.8 Å². The maximum atomic E-state index is 11.5. The van der Waals surface area contributed by atoms with Gasteiger partial charge in [-0.1, -0.05) is 60.7 Å². The molecule has 4 N–H and O–H groups in total. The van der Waals surface area contributed by atoms with Gasteiger partial charge in [-0.3, -0.25) is 0 Å². The van der Waals surface area contributed by atoms with Gasteiger partial charge in [0.15, 0.2) is 0 Å². The summed E-state index contributed by atoms with van der Waals surface area (Å²) in [7, 11) is 0. The largest absolute Gasteiger partial charge is 0.478 e. The van der Waals surface area contributed by atoms with E-state index in [-0.39, 0.29) is 24.4 Å². The lowest BCUT2D eigenvalue weighted by molar-refractivity contribution is -0.132. The van der Waals surface area contributed by atoms with E-state index in [0.29, 0.717) is 24.3 Å². The zero-order chi connectivity index (χ0) is 20.1. The summed E-state index contributed by atoms with van der Waals surface area (Å²) in [5, 5.41) is 34.9. The molecule has 144 valence electrons. The van der Waals surface area contributed by atoms with Gasteiger partial charge in [-0.25, -0.2) is 9.59 Å². The van der Waals surface area contributed by atoms with Crippen molar-refractivity contribution in [3.63, 3.8) is 0 Å². The van der Waals surface area contributed by atoms with Crippen molar-refractivity contribution in [2.45, 2.75) is 0 Å². The fraction of sp³-hybridized carbons (Fsp3) is 0.200. The molecule has 7 heteroatoms.